The summed E-state index contributed by atoms with van der Waals surface area (Å²) in [5.41, 5.74) is 0.219. The molecule has 9 heteroatoms. The van der Waals surface area contributed by atoms with Crippen molar-refractivity contribution in [2.75, 3.05) is 14.2 Å². The molecule has 1 fully saturated rings. The Morgan fingerprint density at radius 3 is 1.34 bits per heavy atom. The van der Waals surface area contributed by atoms with E-state index in [-0.39, 0.29) is 11.1 Å². The smallest absolute Gasteiger partial charge is 0.359 e. The molecule has 3 rings (SSSR count). The van der Waals surface area contributed by atoms with Crippen LogP contribution in [0.1, 0.15) is 20.7 Å². The number of methoxy groups -OCH3 is 2. The maximum atomic E-state index is 12.3. The molecule has 0 unspecified atom stereocenters. The van der Waals surface area contributed by atoms with Crippen LogP contribution in [-0.2, 0) is 23.8 Å². The molecule has 0 aliphatic carbocycles. The second-order valence-corrected chi connectivity index (χ2v) is 5.85. The summed E-state index contributed by atoms with van der Waals surface area (Å²) < 4.78 is 24.6. The van der Waals surface area contributed by atoms with Crippen molar-refractivity contribution in [1.82, 2.24) is 0 Å². The first kappa shape index (κ1) is 19.9. The van der Waals surface area contributed by atoms with E-state index in [1.807, 2.05) is 0 Å². The highest BCUT2D eigenvalue weighted by Crippen LogP contribution is 2.21. The van der Waals surface area contributed by atoms with Crippen molar-refractivity contribution >= 4 is 23.9 Å². The molecular formula is C20H16O9. The van der Waals surface area contributed by atoms with E-state index in [4.69, 9.17) is 18.9 Å². The molecule has 0 bridgehead atoms. The van der Waals surface area contributed by atoms with E-state index in [0.717, 1.165) is 0 Å². The molecule has 1 heterocycles. The van der Waals surface area contributed by atoms with Gasteiger partial charge in [0.1, 0.15) is 11.5 Å². The van der Waals surface area contributed by atoms with Gasteiger partial charge < -0.3 is 23.7 Å². The third kappa shape index (κ3) is 4.34. The number of carbonyl (C=O) groups excluding carboxylic acids is 4. The van der Waals surface area contributed by atoms with Crippen molar-refractivity contribution in [3.05, 3.63) is 59.7 Å². The van der Waals surface area contributed by atoms with Crippen molar-refractivity contribution in [1.29, 1.82) is 0 Å². The van der Waals surface area contributed by atoms with E-state index in [1.54, 1.807) is 0 Å². The van der Waals surface area contributed by atoms with Gasteiger partial charge in [-0.3, -0.25) is 0 Å². The van der Waals surface area contributed by atoms with Crippen molar-refractivity contribution in [2.45, 2.75) is 12.2 Å². The molecule has 2 aromatic rings. The summed E-state index contributed by atoms with van der Waals surface area (Å²) in [6.45, 7) is 0. The van der Waals surface area contributed by atoms with Gasteiger partial charge in [0.05, 0.1) is 25.3 Å². The number of ether oxygens (including phenoxy) is 5. The lowest BCUT2D eigenvalue weighted by Gasteiger charge is -2.15. The first-order chi connectivity index (χ1) is 13.9. The van der Waals surface area contributed by atoms with Gasteiger partial charge in [-0.1, -0.05) is 0 Å². The zero-order chi connectivity index (χ0) is 21.0. The molecule has 0 radical (unpaired) electrons. The molecule has 0 aromatic heterocycles. The number of hydrogen-bond donors (Lipinski definition) is 0. The van der Waals surface area contributed by atoms with Crippen LogP contribution in [0, 0.1) is 0 Å². The number of esters is 4. The Morgan fingerprint density at radius 2 is 1.03 bits per heavy atom. The molecule has 2 atom stereocenters. The molecule has 9 nitrogen and oxygen atoms in total. The highest BCUT2D eigenvalue weighted by atomic mass is 16.7. The van der Waals surface area contributed by atoms with Gasteiger partial charge in [0.2, 0.25) is 12.2 Å². The van der Waals surface area contributed by atoms with Gasteiger partial charge >= 0.3 is 23.9 Å². The summed E-state index contributed by atoms with van der Waals surface area (Å²) >= 11 is 0. The van der Waals surface area contributed by atoms with E-state index >= 15 is 0 Å². The second kappa shape index (κ2) is 8.42. The lowest BCUT2D eigenvalue weighted by Crippen LogP contribution is -2.37. The molecule has 2 aromatic carbocycles. The highest BCUT2D eigenvalue weighted by molar-refractivity contribution is 6.03. The topological polar surface area (TPSA) is 114 Å². The molecule has 1 saturated heterocycles. The van der Waals surface area contributed by atoms with Crippen molar-refractivity contribution in [2.24, 2.45) is 0 Å². The molecule has 0 N–H and O–H groups in total. The van der Waals surface area contributed by atoms with Gasteiger partial charge in [0, 0.05) is 0 Å². The standard InChI is InChI=1S/C20H16O9/c1-25-13-7-3-11(4-8-13)17(21)27-15-16(20(24)29-19(15)23)28-18(22)12-5-9-14(26-2)10-6-12/h3-10,15-16H,1-2H3/t15-,16-/m1/s1. The van der Waals surface area contributed by atoms with E-state index < -0.39 is 36.1 Å². The van der Waals surface area contributed by atoms with Crippen LogP contribution < -0.4 is 9.47 Å². The average Bonchev–Trinajstić information content (AvgIpc) is 3.00. The third-order valence-corrected chi connectivity index (χ3v) is 4.06. The fraction of sp³-hybridized carbons (Fsp3) is 0.200. The van der Waals surface area contributed by atoms with Crippen LogP contribution in [0.25, 0.3) is 0 Å². The minimum atomic E-state index is -1.71. The van der Waals surface area contributed by atoms with Crippen molar-refractivity contribution < 1.29 is 42.9 Å². The van der Waals surface area contributed by atoms with Gasteiger partial charge in [0.15, 0.2) is 0 Å². The fourth-order valence-electron chi connectivity index (χ4n) is 2.50. The van der Waals surface area contributed by atoms with Crippen LogP contribution in [0.4, 0.5) is 0 Å². The zero-order valence-corrected chi connectivity index (χ0v) is 15.4. The Bertz CT molecular complexity index is 854. The lowest BCUT2D eigenvalue weighted by atomic mass is 10.2. The summed E-state index contributed by atoms with van der Waals surface area (Å²) in [5.74, 6) is -3.00. The van der Waals surface area contributed by atoms with Crippen LogP contribution >= 0.6 is 0 Å². The Labute approximate surface area is 165 Å². The summed E-state index contributed by atoms with van der Waals surface area (Å²) in [5, 5.41) is 0. The minimum absolute atomic E-state index is 0.109. The van der Waals surface area contributed by atoms with Crippen LogP contribution in [0.3, 0.4) is 0 Å². The lowest BCUT2D eigenvalue weighted by molar-refractivity contribution is -0.155. The highest BCUT2D eigenvalue weighted by Gasteiger charge is 2.50. The van der Waals surface area contributed by atoms with Crippen LogP contribution in [0.5, 0.6) is 11.5 Å². The van der Waals surface area contributed by atoms with Crippen LogP contribution in [0.15, 0.2) is 48.5 Å². The number of carbonyl (C=O) groups is 4. The zero-order valence-electron chi connectivity index (χ0n) is 15.4. The van der Waals surface area contributed by atoms with Gasteiger partial charge in [-0.05, 0) is 48.5 Å². The predicted octanol–water partition coefficient (Wildman–Crippen LogP) is 1.54. The Hall–Kier alpha value is -3.88. The molecule has 150 valence electrons. The molecule has 0 amide bonds. The average molecular weight is 400 g/mol. The number of benzene rings is 2. The van der Waals surface area contributed by atoms with Gasteiger partial charge in [0.25, 0.3) is 0 Å². The molecule has 0 saturated carbocycles. The number of cyclic esters (lactones) is 2. The van der Waals surface area contributed by atoms with Crippen molar-refractivity contribution in [3.8, 4) is 11.5 Å². The van der Waals surface area contributed by atoms with Crippen molar-refractivity contribution in [3.63, 3.8) is 0 Å². The molecule has 1 aliphatic heterocycles. The predicted molar refractivity (Wildman–Crippen MR) is 95.5 cm³/mol. The maximum Gasteiger partial charge on any atom is 0.359 e. The molecule has 29 heavy (non-hydrogen) atoms. The fourth-order valence-corrected chi connectivity index (χ4v) is 2.50. The third-order valence-electron chi connectivity index (χ3n) is 4.06. The summed E-state index contributed by atoms with van der Waals surface area (Å²) in [7, 11) is 2.93. The Balaban J connectivity index is 1.72. The summed E-state index contributed by atoms with van der Waals surface area (Å²) in [4.78, 5) is 48.4. The molecular weight excluding hydrogens is 384 g/mol. The Kier molecular flexibility index (Phi) is 5.77. The van der Waals surface area contributed by atoms with Crippen LogP contribution in [0.2, 0.25) is 0 Å². The molecule has 0 spiro atoms. The first-order valence-corrected chi connectivity index (χ1v) is 8.38. The molecule has 1 aliphatic rings. The van der Waals surface area contributed by atoms with E-state index in [1.165, 1.54) is 62.8 Å². The van der Waals surface area contributed by atoms with Gasteiger partial charge in [-0.15, -0.1) is 0 Å². The number of rotatable bonds is 6. The maximum absolute atomic E-state index is 12.3. The first-order valence-electron chi connectivity index (χ1n) is 8.38. The van der Waals surface area contributed by atoms with Gasteiger partial charge in [-0.25, -0.2) is 19.2 Å². The van der Waals surface area contributed by atoms with E-state index in [0.29, 0.717) is 11.5 Å². The van der Waals surface area contributed by atoms with Crippen LogP contribution in [-0.4, -0.2) is 50.3 Å². The largest absolute Gasteiger partial charge is 0.497 e. The summed E-state index contributed by atoms with van der Waals surface area (Å²) in [6.07, 6.45) is -3.42. The van der Waals surface area contributed by atoms with E-state index in [9.17, 15) is 19.2 Å². The second-order valence-electron chi connectivity index (χ2n) is 5.85. The van der Waals surface area contributed by atoms with E-state index in [2.05, 4.69) is 4.74 Å². The SMILES string of the molecule is COc1ccc(C(=O)O[C@H]2C(=O)OC(=O)[C@@H]2OC(=O)c2ccc(OC)cc2)cc1. The van der Waals surface area contributed by atoms with Gasteiger partial charge in [-0.2, -0.15) is 0 Å². The Morgan fingerprint density at radius 1 is 0.690 bits per heavy atom. The number of hydrogen-bond acceptors (Lipinski definition) is 9. The summed E-state index contributed by atoms with van der Waals surface area (Å²) in [6, 6.07) is 11.8. The monoisotopic (exact) mass is 400 g/mol. The quantitative estimate of drug-likeness (QED) is 0.404. The minimum Gasteiger partial charge on any atom is -0.497 e. The normalized spacial score (nSPS) is 18.0.